The van der Waals surface area contributed by atoms with Crippen molar-refractivity contribution in [2.75, 3.05) is 25.8 Å². The van der Waals surface area contributed by atoms with Crippen LogP contribution < -0.4 is 40.2 Å². The number of hydrogen-bond donors (Lipinski definition) is 10. The van der Waals surface area contributed by atoms with E-state index in [0.29, 0.717) is 73.2 Å². The van der Waals surface area contributed by atoms with Gasteiger partial charge >= 0.3 is 11.9 Å². The summed E-state index contributed by atoms with van der Waals surface area (Å²) in [5.74, 6) is -4.06. The van der Waals surface area contributed by atoms with E-state index in [-0.39, 0.29) is 93.5 Å². The maximum absolute atomic E-state index is 13.6. The summed E-state index contributed by atoms with van der Waals surface area (Å²) < 4.78 is 47.6. The molecule has 2 amide bonds. The van der Waals surface area contributed by atoms with Crippen molar-refractivity contribution in [1.29, 1.82) is 0 Å². The number of aliphatic hydroxyl groups excluding tert-OH is 1. The molecule has 2 aliphatic heterocycles. The second-order valence-electron chi connectivity index (χ2n) is 28.4. The lowest BCUT2D eigenvalue weighted by Gasteiger charge is -2.15. The number of anilines is 1. The Morgan fingerprint density at radius 1 is 0.567 bits per heavy atom. The van der Waals surface area contributed by atoms with Crippen LogP contribution >= 0.6 is 0 Å². The number of carbonyl (C=O) groups is 6. The molecule has 0 aliphatic carbocycles. The minimum atomic E-state index is -1.23. The van der Waals surface area contributed by atoms with Gasteiger partial charge in [0.15, 0.2) is 52.7 Å². The molecule has 127 heavy (non-hydrogen) atoms. The monoisotopic (exact) mass is 1710 g/mol. The molecule has 2 heterocycles. The molecule has 23 nitrogen and oxygen atoms in total. The van der Waals surface area contributed by atoms with Crippen molar-refractivity contribution < 1.29 is 102 Å². The van der Waals surface area contributed by atoms with Gasteiger partial charge in [-0.15, -0.1) is 5.75 Å². The number of phenolic OH excluding ortho intramolecular Hbond substituents is 4. The van der Waals surface area contributed by atoms with Gasteiger partial charge in [0.1, 0.15) is 34.4 Å². The number of rotatable bonds is 16. The Morgan fingerprint density at radius 2 is 1.17 bits per heavy atom. The minimum Gasteiger partial charge on any atom is -0.872 e. The number of ketones is 2. The van der Waals surface area contributed by atoms with Crippen molar-refractivity contribution in [2.45, 2.75) is 34.1 Å². The molecular weight excluding hydrogens is 1630 g/mol. The molecule has 0 aromatic heterocycles. The van der Waals surface area contributed by atoms with Gasteiger partial charge in [0.05, 0.1) is 30.0 Å². The lowest BCUT2D eigenvalue weighted by molar-refractivity contribution is -0.269. The largest absolute Gasteiger partial charge is 0.872 e. The first kappa shape index (κ1) is 90.8. The third kappa shape index (κ3) is 22.8. The zero-order chi connectivity index (χ0) is 91.1. The zero-order valence-electron chi connectivity index (χ0n) is 68.8. The van der Waals surface area contributed by atoms with E-state index in [1.54, 1.807) is 134 Å². The van der Waals surface area contributed by atoms with Gasteiger partial charge in [0.2, 0.25) is 18.0 Å². The van der Waals surface area contributed by atoms with Crippen LogP contribution in [0.4, 0.5) is 14.5 Å². The maximum atomic E-state index is 13.6. The smallest absolute Gasteiger partial charge is 0.339 e. The van der Waals surface area contributed by atoms with Crippen LogP contribution in [0, 0.1) is 32.4 Å². The quantitative estimate of drug-likeness (QED) is 0.0141. The molecule has 0 fully saturated rings. The number of methoxy groups -OCH3 is 1. The zero-order valence-corrected chi connectivity index (χ0v) is 68.8. The van der Waals surface area contributed by atoms with E-state index in [4.69, 9.17) is 34.3 Å². The molecule has 15 aromatic carbocycles. The van der Waals surface area contributed by atoms with Crippen molar-refractivity contribution in [3.8, 4) is 68.6 Å². The third-order valence-corrected chi connectivity index (χ3v) is 19.8. The number of hydrazone groups is 1. The van der Waals surface area contributed by atoms with Crippen LogP contribution in [-0.4, -0.2) is 103 Å². The van der Waals surface area contributed by atoms with Crippen LogP contribution in [0.2, 0.25) is 0 Å². The molecule has 0 saturated heterocycles. The maximum Gasteiger partial charge on any atom is 0.339 e. The molecular formula is C102H82F2N3O20-. The topological polar surface area (TPSA) is 378 Å². The number of phenols is 4. The van der Waals surface area contributed by atoms with Crippen molar-refractivity contribution in [2.24, 2.45) is 5.10 Å². The SMILES string of the molecule is C=C(O)c1ccc(-c2ccc(O)c(F)c2)cc1.CCc1cc(C(=O)COc2ccccc2)c(O)cc1O.COc1cc(C(=O)N/N=C/c2cccc3ccccc23)ccc1O.Cc1c([O-])cc2ccccc2c1C(=O)O.Cc1cc2c3c(cccc3c1)NC2=O.Cc1cc2ccccc2c(C(=O)O)c1F.O=C(/C=C/c1ccc2c(c1)OCO2)c1ccccc(=O)c1O. The lowest BCUT2D eigenvalue weighted by atomic mass is 9.99. The standard InChI is InChI=1S/C19H16N2O3.C17H12O5.C16H16O4.C14H11FO2.C12H9FO2.C12H9NO.C12H10O3/c1-24-18-11-14(9-10-17(18)22)19(23)21-20-12-15-7-4-6-13-5-2-3-8-16(13)15;18-13(12-3-1-2-4-14(19)17(12)20)7-5-11-6-8-15-16(9-11)22-10-21-15;1-2-11-8-13(15(18)9-14(11)17)16(19)10-20-12-6-4-3-5-7-12;1-9(16)10-2-4-11(5-3-10)12-6-7-14(17)13(15)8-12;1-7-6-8-4-2-3-5-9(8)10(11(7)13)12(14)15;1-7-5-8-3-2-4-10-11(8)9(6-7)12(14)13-10;1-7-10(13)6-8-4-2-3-5-9(8)11(7)12(14)15/h2-12,22H,1H3,(H,21,23);1-9H,10H2,(H,19,20);3-9,17-18H,2,10H2,1H3;2-8,16-17H,1H2;2-6H,1H3,(H,14,15);2-6H,1H3,(H,13,14);2-6,13H,1H3,(H,14,15)/p-1/b20-12+;7-5+;;;;;. The summed E-state index contributed by atoms with van der Waals surface area (Å²) in [4.78, 5) is 81.4. The number of benzene rings is 14. The van der Waals surface area contributed by atoms with Crippen molar-refractivity contribution in [3.63, 3.8) is 0 Å². The van der Waals surface area contributed by atoms with Crippen molar-refractivity contribution >= 4 is 102 Å². The number of amides is 2. The van der Waals surface area contributed by atoms with Gasteiger partial charge in [-0.1, -0.05) is 202 Å². The highest BCUT2D eigenvalue weighted by atomic mass is 19.1. The number of allylic oxidation sites excluding steroid dienone is 1. The summed E-state index contributed by atoms with van der Waals surface area (Å²) in [5.41, 5.74) is 10.1. The van der Waals surface area contributed by atoms with E-state index < -0.39 is 40.5 Å². The molecule has 0 saturated carbocycles. The number of fused-ring (bicyclic) bond motifs is 4. The van der Waals surface area contributed by atoms with Gasteiger partial charge in [-0.3, -0.25) is 24.0 Å². The van der Waals surface area contributed by atoms with Crippen LogP contribution in [0.3, 0.4) is 0 Å². The molecule has 0 spiro atoms. The van der Waals surface area contributed by atoms with Gasteiger partial charge in [0, 0.05) is 39.4 Å². The Hall–Kier alpha value is -17.0. The molecule has 2 aliphatic rings. The summed E-state index contributed by atoms with van der Waals surface area (Å²) in [7, 11) is 1.43. The molecule has 10 N–H and O–H groups in total. The highest BCUT2D eigenvalue weighted by molar-refractivity contribution is 6.24. The van der Waals surface area contributed by atoms with E-state index in [0.717, 1.165) is 60.4 Å². The van der Waals surface area contributed by atoms with Gasteiger partial charge in [-0.2, -0.15) is 5.10 Å². The second kappa shape index (κ2) is 42.0. The number of nitrogens with zero attached hydrogens (tertiary/aromatic N) is 1. The first-order valence-electron chi connectivity index (χ1n) is 39.0. The van der Waals surface area contributed by atoms with Gasteiger partial charge in [-0.25, -0.2) is 23.8 Å². The number of ether oxygens (including phenoxy) is 4. The number of halogens is 2. The molecule has 640 valence electrons. The summed E-state index contributed by atoms with van der Waals surface area (Å²) in [6.07, 6.45) is 5.07. The Bertz CT molecular complexity index is 6730. The Balaban J connectivity index is 0.000000145. The van der Waals surface area contributed by atoms with Crippen LogP contribution in [0.25, 0.3) is 66.1 Å². The van der Waals surface area contributed by atoms with Gasteiger partial charge < -0.3 is 70.2 Å². The summed E-state index contributed by atoms with van der Waals surface area (Å²) >= 11 is 0. The van der Waals surface area contributed by atoms with Crippen LogP contribution in [0.5, 0.6) is 57.5 Å². The van der Waals surface area contributed by atoms with Gasteiger partial charge in [0.25, 0.3) is 11.8 Å². The number of nitrogens with one attached hydrogen (secondary N) is 2. The molecule has 15 aromatic rings. The van der Waals surface area contributed by atoms with E-state index >= 15 is 0 Å². The first-order valence-corrected chi connectivity index (χ1v) is 39.0. The van der Waals surface area contributed by atoms with Crippen LogP contribution in [0.1, 0.15) is 108 Å². The van der Waals surface area contributed by atoms with E-state index in [1.165, 1.54) is 92.9 Å². The highest BCUT2D eigenvalue weighted by Crippen LogP contribution is 2.37. The Kier molecular flexibility index (Phi) is 30.0. The van der Waals surface area contributed by atoms with Crippen molar-refractivity contribution in [3.05, 3.63) is 386 Å². The van der Waals surface area contributed by atoms with E-state index in [9.17, 15) is 73.0 Å². The molecule has 0 radical (unpaired) electrons. The lowest BCUT2D eigenvalue weighted by Crippen LogP contribution is -2.17. The fourth-order valence-electron chi connectivity index (χ4n) is 13.3. The summed E-state index contributed by atoms with van der Waals surface area (Å²) in [5, 5.41) is 100. The number of carbonyl (C=O) groups excluding carboxylic acids is 4. The Labute approximate surface area is 725 Å². The minimum absolute atomic E-state index is 0.00608. The van der Waals surface area contributed by atoms with Gasteiger partial charge in [-0.05, 0) is 201 Å². The molecule has 0 unspecified atom stereocenters. The predicted molar refractivity (Wildman–Crippen MR) is 482 cm³/mol. The first-order chi connectivity index (χ1) is 61.0. The number of aromatic hydroxyl groups is 5. The van der Waals surface area contributed by atoms with Crippen LogP contribution in [-0.2, 0) is 6.42 Å². The van der Waals surface area contributed by atoms with Crippen molar-refractivity contribution in [1.82, 2.24) is 5.43 Å². The molecule has 0 bridgehead atoms. The van der Waals surface area contributed by atoms with Crippen LogP contribution in [0.15, 0.2) is 302 Å². The average Bonchev–Trinajstić information content (AvgIpc) is 1.65. The van der Waals surface area contributed by atoms with E-state index in [2.05, 4.69) is 28.5 Å². The molecule has 25 heteroatoms. The summed E-state index contributed by atoms with van der Waals surface area (Å²) in [6.45, 7) is 10.4. The Morgan fingerprint density at radius 3 is 1.86 bits per heavy atom. The number of hydrogen-bond acceptors (Lipinski definition) is 19. The second-order valence-corrected chi connectivity index (χ2v) is 28.4. The third-order valence-electron chi connectivity index (χ3n) is 19.8. The fraction of sp³-hybridized carbons (Fsp3) is 0.0784. The number of carboxylic acids is 2. The number of carboxylic acid groups (broad SMARTS) is 2. The molecule has 17 rings (SSSR count). The average molecular weight is 1710 g/mol. The normalized spacial score (nSPS) is 11.2. The number of aryl methyl sites for hydroxylation is 3. The number of aliphatic hydroxyl groups is 1. The fourth-order valence-corrected chi connectivity index (χ4v) is 13.3. The predicted octanol–water partition coefficient (Wildman–Crippen LogP) is 20.0. The number of Topliss-reactive ketones (excluding diaryl/α,β-unsaturated/α-hetero) is 1. The highest BCUT2D eigenvalue weighted by Gasteiger charge is 2.23. The number of para-hydroxylation sites is 1. The van der Waals surface area contributed by atoms with E-state index in [1.807, 2.05) is 98.8 Å². The summed E-state index contributed by atoms with van der Waals surface area (Å²) in [6, 6.07) is 78.8. The number of aromatic carboxylic acids is 2. The molecule has 0 atom stereocenters.